The van der Waals surface area contributed by atoms with E-state index in [2.05, 4.69) is 33.8 Å². The van der Waals surface area contributed by atoms with Gasteiger partial charge in [-0.2, -0.15) is 10.4 Å². The molecule has 1 aromatic carbocycles. The van der Waals surface area contributed by atoms with Crippen molar-refractivity contribution in [3.63, 3.8) is 0 Å². The third-order valence-corrected chi connectivity index (χ3v) is 9.00. The van der Waals surface area contributed by atoms with Gasteiger partial charge in [0.1, 0.15) is 17.7 Å². The number of fused-ring (bicyclic) bond motifs is 2. The van der Waals surface area contributed by atoms with Crippen LogP contribution in [0.3, 0.4) is 0 Å². The Bertz CT molecular complexity index is 1850. The highest BCUT2D eigenvalue weighted by Gasteiger charge is 2.59. The zero-order chi connectivity index (χ0) is 29.2. The highest BCUT2D eigenvalue weighted by Crippen LogP contribution is 2.64. The van der Waals surface area contributed by atoms with Crippen molar-refractivity contribution in [2.75, 3.05) is 11.0 Å². The second-order valence-electron chi connectivity index (χ2n) is 11.4. The molecule has 1 fully saturated rings. The van der Waals surface area contributed by atoms with Crippen LogP contribution in [0.25, 0.3) is 22.5 Å². The van der Waals surface area contributed by atoms with Crippen LogP contribution in [-0.2, 0) is 15.4 Å². The van der Waals surface area contributed by atoms with Gasteiger partial charge in [-0.25, -0.2) is 22.2 Å². The molecule has 2 atom stereocenters. The van der Waals surface area contributed by atoms with Crippen LogP contribution in [0, 0.1) is 28.4 Å². The van der Waals surface area contributed by atoms with Crippen LogP contribution >= 0.6 is 0 Å². The summed E-state index contributed by atoms with van der Waals surface area (Å²) in [6.45, 7) is 4.37. The number of nitrogens with one attached hydrogen (secondary N) is 1. The number of sulfonamides is 1. The molecule has 7 rings (SSSR count). The molecule has 3 heterocycles. The number of nitriles is 1. The molecular weight excluding hydrogens is 546 g/mol. The number of rotatable bonds is 5. The minimum atomic E-state index is -3.62. The van der Waals surface area contributed by atoms with E-state index >= 15 is 0 Å². The fraction of sp³-hybridized carbons (Fsp3) is 0.300. The molecule has 0 amide bonds. The number of halogens is 2. The summed E-state index contributed by atoms with van der Waals surface area (Å²) in [7, 11) is -3.62. The summed E-state index contributed by atoms with van der Waals surface area (Å²) in [6, 6.07) is 14.7. The van der Waals surface area contributed by atoms with Crippen LogP contribution < -0.4 is 4.72 Å². The van der Waals surface area contributed by atoms with Crippen LogP contribution in [-0.4, -0.2) is 34.8 Å². The Morgan fingerprint density at radius 3 is 2.46 bits per heavy atom. The monoisotopic (exact) mass is 572 g/mol. The zero-order valence-electron chi connectivity index (χ0n) is 22.6. The molecule has 208 valence electrons. The summed E-state index contributed by atoms with van der Waals surface area (Å²) in [5.41, 5.74) is 2.76. The number of benzene rings is 1. The van der Waals surface area contributed by atoms with Gasteiger partial charge in [0, 0.05) is 11.8 Å². The van der Waals surface area contributed by atoms with Gasteiger partial charge in [-0.05, 0) is 72.6 Å². The van der Waals surface area contributed by atoms with Crippen LogP contribution in [0.4, 0.5) is 14.6 Å². The van der Waals surface area contributed by atoms with E-state index in [1.807, 2.05) is 18.2 Å². The topological polar surface area (TPSA) is 122 Å². The van der Waals surface area contributed by atoms with E-state index in [0.717, 1.165) is 42.5 Å². The Balaban J connectivity index is 1.48. The first kappa shape index (κ1) is 26.9. The lowest BCUT2D eigenvalue weighted by atomic mass is 9.47. The van der Waals surface area contributed by atoms with E-state index in [0.29, 0.717) is 11.3 Å². The third-order valence-electron chi connectivity index (χ3n) is 8.44. The summed E-state index contributed by atoms with van der Waals surface area (Å²) in [6.07, 6.45) is 4.94. The first-order chi connectivity index (χ1) is 19.4. The Kier molecular flexibility index (Phi) is 6.15. The van der Waals surface area contributed by atoms with Gasteiger partial charge in [-0.1, -0.05) is 26.0 Å². The second-order valence-corrected chi connectivity index (χ2v) is 13.1. The molecule has 0 aliphatic heterocycles. The molecule has 3 aromatic heterocycles. The molecule has 2 bridgehead atoms. The maximum Gasteiger partial charge on any atom is 0.231 e. The number of pyridine rings is 2. The molecule has 1 saturated carbocycles. The molecule has 0 unspecified atom stereocenters. The van der Waals surface area contributed by atoms with Crippen LogP contribution in [0.15, 0.2) is 54.7 Å². The van der Waals surface area contributed by atoms with E-state index < -0.39 is 27.1 Å². The first-order valence-electron chi connectivity index (χ1n) is 13.1. The maximum atomic E-state index is 14.6. The lowest BCUT2D eigenvalue weighted by Gasteiger charge is -2.56. The number of anilines is 1. The van der Waals surface area contributed by atoms with E-state index in [-0.39, 0.29) is 34.0 Å². The van der Waals surface area contributed by atoms with E-state index in [1.54, 1.807) is 18.2 Å². The Hall–Kier alpha value is -4.30. The van der Waals surface area contributed by atoms with Gasteiger partial charge in [0.25, 0.3) is 0 Å². The fourth-order valence-corrected chi connectivity index (χ4v) is 7.13. The highest BCUT2D eigenvalue weighted by atomic mass is 32.2. The predicted octanol–water partition coefficient (Wildman–Crippen LogP) is 5.72. The molecule has 3 aliphatic rings. The molecule has 3 aliphatic carbocycles. The third kappa shape index (κ3) is 4.34. The van der Waals surface area contributed by atoms with Crippen molar-refractivity contribution in [1.82, 2.24) is 20.2 Å². The molecule has 11 heteroatoms. The Morgan fingerprint density at radius 1 is 1.05 bits per heavy atom. The molecule has 0 spiro atoms. The molecule has 4 aromatic rings. The van der Waals surface area contributed by atoms with E-state index in [1.165, 1.54) is 24.4 Å². The van der Waals surface area contributed by atoms with Gasteiger partial charge >= 0.3 is 0 Å². The highest BCUT2D eigenvalue weighted by molar-refractivity contribution is 7.92. The average molecular weight is 573 g/mol. The van der Waals surface area contributed by atoms with Crippen LogP contribution in [0.2, 0.25) is 0 Å². The standard InChI is InChI=1S/C30H26F2N6O2S/c1-29(2)14-17-10-11-30(29,27-20(17)13-24(36-37-27)26-21(31)6-4-7-22(26)32)25-9-5-8-23(35-25)19-12-18(15-33)28(34-16-19)38-41(3,39)40/h4-9,12-13,16-17H,10-11,14H2,1-3H3,(H,34,38)/t17-,30+/m1/s1. The van der Waals surface area contributed by atoms with Crippen molar-refractivity contribution in [3.05, 3.63) is 88.9 Å². The van der Waals surface area contributed by atoms with Crippen molar-refractivity contribution < 1.29 is 17.2 Å². The summed E-state index contributed by atoms with van der Waals surface area (Å²) in [5.74, 6) is -1.25. The lowest BCUT2D eigenvalue weighted by Crippen LogP contribution is -2.53. The van der Waals surface area contributed by atoms with Gasteiger partial charge in [0.2, 0.25) is 10.0 Å². The Morgan fingerprint density at radius 2 is 1.78 bits per heavy atom. The zero-order valence-corrected chi connectivity index (χ0v) is 23.4. The van der Waals surface area contributed by atoms with Crippen molar-refractivity contribution in [2.45, 2.75) is 44.4 Å². The lowest BCUT2D eigenvalue weighted by molar-refractivity contribution is 0.0812. The van der Waals surface area contributed by atoms with Crippen molar-refractivity contribution in [2.24, 2.45) is 5.41 Å². The molecule has 41 heavy (non-hydrogen) atoms. The molecule has 0 radical (unpaired) electrons. The van der Waals surface area contributed by atoms with Gasteiger partial charge in [-0.15, -0.1) is 5.10 Å². The summed E-state index contributed by atoms with van der Waals surface area (Å²) in [5, 5.41) is 18.6. The van der Waals surface area contributed by atoms with Gasteiger partial charge in [0.15, 0.2) is 5.82 Å². The predicted molar refractivity (Wildman–Crippen MR) is 149 cm³/mol. The van der Waals surface area contributed by atoms with Gasteiger partial charge < -0.3 is 0 Å². The molecular formula is C30H26F2N6O2S. The summed E-state index contributed by atoms with van der Waals surface area (Å²) in [4.78, 5) is 9.22. The largest absolute Gasteiger partial charge is 0.266 e. The maximum absolute atomic E-state index is 14.6. The van der Waals surface area contributed by atoms with Gasteiger partial charge in [0.05, 0.1) is 45.6 Å². The Labute approximate surface area is 236 Å². The fourth-order valence-electron chi connectivity index (χ4n) is 6.62. The molecule has 8 nitrogen and oxygen atoms in total. The SMILES string of the molecule is CC1(C)C[C@H]2CC[C@]1(c1cccc(-c3cnc(NS(C)(=O)=O)c(C#N)c3)n1)c1nnc(-c3c(F)cccc3F)cc12. The number of hydrogen-bond donors (Lipinski definition) is 1. The normalized spacial score (nSPS) is 20.7. The first-order valence-corrected chi connectivity index (χ1v) is 15.0. The van der Waals surface area contributed by atoms with Gasteiger partial charge in [-0.3, -0.25) is 9.71 Å². The number of nitrogens with zero attached hydrogens (tertiary/aromatic N) is 5. The second kappa shape index (κ2) is 9.38. The van der Waals surface area contributed by atoms with Crippen LogP contribution in [0.1, 0.15) is 61.5 Å². The van der Waals surface area contributed by atoms with Crippen molar-refractivity contribution in [3.8, 4) is 28.6 Å². The smallest absolute Gasteiger partial charge is 0.231 e. The van der Waals surface area contributed by atoms with Crippen molar-refractivity contribution in [1.29, 1.82) is 5.26 Å². The molecule has 0 saturated heterocycles. The van der Waals surface area contributed by atoms with E-state index in [4.69, 9.17) is 4.98 Å². The van der Waals surface area contributed by atoms with E-state index in [9.17, 15) is 22.5 Å². The molecule has 1 N–H and O–H groups in total. The van der Waals surface area contributed by atoms with Crippen LogP contribution in [0.5, 0.6) is 0 Å². The van der Waals surface area contributed by atoms with Crippen molar-refractivity contribution >= 4 is 15.8 Å². The summed E-state index contributed by atoms with van der Waals surface area (Å²) < 4.78 is 54.9. The minimum absolute atomic E-state index is 0.0495. The number of hydrogen-bond acceptors (Lipinski definition) is 7. The average Bonchev–Trinajstić information content (AvgIpc) is 2.92. The summed E-state index contributed by atoms with van der Waals surface area (Å²) >= 11 is 0. The quantitative estimate of drug-likeness (QED) is 0.325. The number of aromatic nitrogens is 4. The minimum Gasteiger partial charge on any atom is -0.266 e.